The third kappa shape index (κ3) is 5.98. The molecule has 0 spiro atoms. The van der Waals surface area contributed by atoms with E-state index in [9.17, 15) is 17.6 Å². The van der Waals surface area contributed by atoms with Crippen LogP contribution in [0.1, 0.15) is 20.3 Å². The van der Waals surface area contributed by atoms with E-state index in [0.717, 1.165) is 7.11 Å². The Morgan fingerprint density at radius 2 is 1.88 bits per heavy atom. The van der Waals surface area contributed by atoms with Crippen LogP contribution in [0.2, 0.25) is 0 Å². The average molecular weight is 344 g/mol. The summed E-state index contributed by atoms with van der Waals surface area (Å²) in [6.45, 7) is 13.4. The third-order valence-electron chi connectivity index (χ3n) is 2.89. The first-order valence-corrected chi connectivity index (χ1v) is 6.82. The van der Waals surface area contributed by atoms with Crippen molar-refractivity contribution in [2.75, 3.05) is 7.11 Å². The van der Waals surface area contributed by atoms with E-state index in [2.05, 4.69) is 34.6 Å². The first kappa shape index (κ1) is 21.6. The van der Waals surface area contributed by atoms with Crippen LogP contribution >= 0.6 is 0 Å². The number of alkyl halides is 3. The van der Waals surface area contributed by atoms with Gasteiger partial charge in [-0.15, -0.1) is 6.58 Å². The van der Waals surface area contributed by atoms with Gasteiger partial charge in [0.2, 0.25) is 5.97 Å². The summed E-state index contributed by atoms with van der Waals surface area (Å²) in [5, 5.41) is 0. The van der Waals surface area contributed by atoms with Crippen molar-refractivity contribution in [2.24, 2.45) is 9.98 Å². The zero-order valence-corrected chi connectivity index (χ0v) is 13.9. The molecule has 0 aromatic carbocycles. The van der Waals surface area contributed by atoms with Gasteiger partial charge in [0, 0.05) is 12.6 Å². The molecule has 0 aromatic rings. The molecule has 3 nitrogen and oxygen atoms in total. The van der Waals surface area contributed by atoms with Crippen molar-refractivity contribution in [1.82, 2.24) is 0 Å². The summed E-state index contributed by atoms with van der Waals surface area (Å²) in [5.41, 5.74) is -0.889. The predicted molar refractivity (Wildman–Crippen MR) is 89.7 cm³/mol. The molecule has 0 aliphatic rings. The Morgan fingerprint density at radius 3 is 2.25 bits per heavy atom. The molecule has 0 rings (SSSR count). The molecule has 0 aliphatic carbocycles. The molecule has 24 heavy (non-hydrogen) atoms. The molecular formula is C17H20F4N2O. The minimum atomic E-state index is -4.98. The van der Waals surface area contributed by atoms with E-state index in [1.807, 2.05) is 0 Å². The second-order valence-corrected chi connectivity index (χ2v) is 4.54. The summed E-state index contributed by atoms with van der Waals surface area (Å²) in [6, 6.07) is 0. The zero-order chi connectivity index (χ0) is 18.9. The molecule has 0 fully saturated rings. The second-order valence-electron chi connectivity index (χ2n) is 4.54. The van der Waals surface area contributed by atoms with Gasteiger partial charge in [-0.2, -0.15) is 17.6 Å². The molecule has 0 unspecified atom stereocenters. The number of methoxy groups -OCH3 is 1. The maximum atomic E-state index is 14.2. The summed E-state index contributed by atoms with van der Waals surface area (Å²) in [7, 11) is 1.02. The average Bonchev–Trinajstić information content (AvgIpc) is 2.46. The maximum absolute atomic E-state index is 14.2. The molecular weight excluding hydrogens is 324 g/mol. The van der Waals surface area contributed by atoms with E-state index in [-0.39, 0.29) is 12.1 Å². The van der Waals surface area contributed by atoms with Gasteiger partial charge in [-0.3, -0.25) is 4.99 Å². The van der Waals surface area contributed by atoms with Gasteiger partial charge in [-0.25, -0.2) is 4.99 Å². The second kappa shape index (κ2) is 9.64. The number of aliphatic imine (C=N–C) groups is 2. The van der Waals surface area contributed by atoms with Gasteiger partial charge < -0.3 is 4.74 Å². The Balaban J connectivity index is 6.07. The van der Waals surface area contributed by atoms with Crippen molar-refractivity contribution < 1.29 is 22.3 Å². The van der Waals surface area contributed by atoms with Gasteiger partial charge in [0.1, 0.15) is 11.3 Å². The van der Waals surface area contributed by atoms with Crippen LogP contribution in [0.3, 0.4) is 0 Å². The highest BCUT2D eigenvalue weighted by Gasteiger charge is 2.41. The Kier molecular flexibility index (Phi) is 8.66. The number of nitrogens with zero attached hydrogens (tertiary/aromatic N) is 2. The van der Waals surface area contributed by atoms with E-state index in [1.165, 1.54) is 18.4 Å². The number of hydrogen-bond acceptors (Lipinski definition) is 3. The lowest BCUT2D eigenvalue weighted by atomic mass is 10.1. The number of ether oxygens (including phenoxy) is 1. The molecule has 0 bridgehead atoms. The molecule has 132 valence electrons. The molecule has 0 aliphatic heterocycles. The standard InChI is InChI=1S/C17H20F4N2O/c1-7-9-14(24-6)15(17(19,20)21)16(18)23-12(4)13(8-2)11(3)10-22-5/h7-8,10H,1,4-5,9H2,2-3,6H3/b11-10-,13-8+,15-14-,23-16+. The Labute approximate surface area is 139 Å². The van der Waals surface area contributed by atoms with Crippen LogP contribution in [0, 0.1) is 0 Å². The van der Waals surface area contributed by atoms with Crippen molar-refractivity contribution in [2.45, 2.75) is 26.4 Å². The molecule has 0 saturated carbocycles. The molecule has 0 atom stereocenters. The zero-order valence-electron chi connectivity index (χ0n) is 13.9. The summed E-state index contributed by atoms with van der Waals surface area (Å²) in [6.07, 6.45) is -1.20. The van der Waals surface area contributed by atoms with Gasteiger partial charge in [0.25, 0.3) is 0 Å². The van der Waals surface area contributed by atoms with Gasteiger partial charge in [-0.1, -0.05) is 18.7 Å². The van der Waals surface area contributed by atoms with Crippen molar-refractivity contribution in [3.8, 4) is 0 Å². The van der Waals surface area contributed by atoms with Crippen LogP contribution in [-0.2, 0) is 4.74 Å². The fourth-order valence-electron chi connectivity index (χ4n) is 1.87. The smallest absolute Gasteiger partial charge is 0.424 e. The summed E-state index contributed by atoms with van der Waals surface area (Å²) >= 11 is 0. The van der Waals surface area contributed by atoms with E-state index in [0.29, 0.717) is 11.1 Å². The molecule has 0 amide bonds. The summed E-state index contributed by atoms with van der Waals surface area (Å²) < 4.78 is 58.4. The number of allylic oxidation sites excluding steroid dienone is 4. The lowest BCUT2D eigenvalue weighted by Crippen LogP contribution is -2.21. The normalized spacial score (nSPS) is 14.9. The van der Waals surface area contributed by atoms with Crippen LogP contribution in [-0.4, -0.2) is 26.0 Å². The molecule has 0 radical (unpaired) electrons. The third-order valence-corrected chi connectivity index (χ3v) is 2.89. The van der Waals surface area contributed by atoms with Crippen molar-refractivity contribution >= 4 is 12.7 Å². The van der Waals surface area contributed by atoms with Crippen LogP contribution in [0.15, 0.2) is 69.7 Å². The molecule has 0 aromatic heterocycles. The van der Waals surface area contributed by atoms with Gasteiger partial charge >= 0.3 is 6.18 Å². The minimum Gasteiger partial charge on any atom is -0.500 e. The summed E-state index contributed by atoms with van der Waals surface area (Å²) in [5.74, 6) is -2.35. The predicted octanol–water partition coefficient (Wildman–Crippen LogP) is 5.46. The monoisotopic (exact) mass is 344 g/mol. The number of hydrogen-bond donors (Lipinski definition) is 0. The fraction of sp³-hybridized carbons (Fsp3) is 0.294. The van der Waals surface area contributed by atoms with Crippen LogP contribution in [0.4, 0.5) is 17.6 Å². The quantitative estimate of drug-likeness (QED) is 0.189. The number of halogens is 4. The molecule has 0 heterocycles. The van der Waals surface area contributed by atoms with E-state index in [4.69, 9.17) is 0 Å². The van der Waals surface area contributed by atoms with Gasteiger partial charge in [-0.05, 0) is 31.7 Å². The maximum Gasteiger partial charge on any atom is 0.424 e. The Morgan fingerprint density at radius 1 is 1.29 bits per heavy atom. The highest BCUT2D eigenvalue weighted by Crippen LogP contribution is 2.32. The van der Waals surface area contributed by atoms with Crippen LogP contribution in [0.25, 0.3) is 0 Å². The first-order chi connectivity index (χ1) is 11.1. The van der Waals surface area contributed by atoms with Gasteiger partial charge in [0.05, 0.1) is 12.8 Å². The van der Waals surface area contributed by atoms with E-state index >= 15 is 0 Å². The molecule has 7 heteroatoms. The molecule has 0 saturated heterocycles. The highest BCUT2D eigenvalue weighted by molar-refractivity contribution is 5.95. The summed E-state index contributed by atoms with van der Waals surface area (Å²) in [4.78, 5) is 6.91. The van der Waals surface area contributed by atoms with Crippen molar-refractivity contribution in [1.29, 1.82) is 0 Å². The molecule has 0 N–H and O–H groups in total. The minimum absolute atomic E-state index is 0.178. The Bertz CT molecular complexity index is 623. The first-order valence-electron chi connectivity index (χ1n) is 6.82. The van der Waals surface area contributed by atoms with Gasteiger partial charge in [0.15, 0.2) is 0 Å². The SMILES string of the molecule is C=CC/C(OC)=C(\C(F)=N/C(=C)C(=C/C)/C(C)=C\N=C)C(F)(F)F. The fourth-order valence-corrected chi connectivity index (χ4v) is 1.87. The highest BCUT2D eigenvalue weighted by atomic mass is 19.4. The van der Waals surface area contributed by atoms with Crippen molar-refractivity contribution in [3.63, 3.8) is 0 Å². The van der Waals surface area contributed by atoms with E-state index < -0.39 is 23.5 Å². The Hall–Kier alpha value is -2.44. The van der Waals surface area contributed by atoms with Crippen LogP contribution in [0.5, 0.6) is 0 Å². The largest absolute Gasteiger partial charge is 0.500 e. The lowest BCUT2D eigenvalue weighted by Gasteiger charge is -2.15. The topological polar surface area (TPSA) is 34.0 Å². The lowest BCUT2D eigenvalue weighted by molar-refractivity contribution is -0.0899. The van der Waals surface area contributed by atoms with Crippen molar-refractivity contribution in [3.05, 3.63) is 59.7 Å². The van der Waals surface area contributed by atoms with Crippen LogP contribution < -0.4 is 0 Å². The number of rotatable bonds is 8. The van der Waals surface area contributed by atoms with E-state index in [1.54, 1.807) is 13.8 Å².